The first-order valence-corrected chi connectivity index (χ1v) is 5.69. The quantitative estimate of drug-likeness (QED) is 0.679. The average molecular weight is 276 g/mol. The van der Waals surface area contributed by atoms with Gasteiger partial charge in [-0.15, -0.1) is 0 Å². The molecule has 0 bridgehead atoms. The zero-order valence-corrected chi connectivity index (χ0v) is 10.6. The summed E-state index contributed by atoms with van der Waals surface area (Å²) in [5.41, 5.74) is 0.369. The summed E-state index contributed by atoms with van der Waals surface area (Å²) in [6.07, 6.45) is -0.351. The molecule has 0 fully saturated rings. The van der Waals surface area contributed by atoms with E-state index in [0.717, 1.165) is 0 Å². The molecule has 6 heteroatoms. The largest absolute Gasteiger partial charge is 0.466 e. The monoisotopic (exact) mass is 275 g/mol. The van der Waals surface area contributed by atoms with Crippen LogP contribution in [0.1, 0.15) is 13.3 Å². The van der Waals surface area contributed by atoms with Crippen LogP contribution in [0.3, 0.4) is 0 Å². The maximum absolute atomic E-state index is 11.4. The Kier molecular flexibility index (Phi) is 5.25. The fourth-order valence-corrected chi connectivity index (χ4v) is 1.47. The Hall–Kier alpha value is -1.26. The van der Waals surface area contributed by atoms with Crippen molar-refractivity contribution in [3.63, 3.8) is 0 Å². The summed E-state index contributed by atoms with van der Waals surface area (Å²) in [4.78, 5) is 22.5. The Balaban J connectivity index is 2.62. The van der Waals surface area contributed by atoms with E-state index >= 15 is 0 Å². The summed E-state index contributed by atoms with van der Waals surface area (Å²) in [5.74, 6) is -1.07. The minimum Gasteiger partial charge on any atom is -0.466 e. The minimum atomic E-state index is -0.580. The van der Waals surface area contributed by atoms with E-state index in [0.29, 0.717) is 15.7 Å². The van der Waals surface area contributed by atoms with E-state index in [-0.39, 0.29) is 13.0 Å². The van der Waals surface area contributed by atoms with Gasteiger partial charge in [0.25, 0.3) is 0 Å². The lowest BCUT2D eigenvalue weighted by molar-refractivity contribution is -0.145. The molecule has 1 amide bonds. The highest BCUT2D eigenvalue weighted by atomic mass is 35.5. The Morgan fingerprint density at radius 1 is 1.35 bits per heavy atom. The number of halogens is 2. The number of esters is 1. The highest BCUT2D eigenvalue weighted by Crippen LogP contribution is 2.25. The molecule has 0 aliphatic heterocycles. The van der Waals surface area contributed by atoms with Crippen molar-refractivity contribution in [3.8, 4) is 0 Å². The predicted octanol–water partition coefficient (Wildman–Crippen LogP) is 2.89. The maximum Gasteiger partial charge on any atom is 0.315 e. The lowest BCUT2D eigenvalue weighted by atomic mass is 10.3. The summed E-state index contributed by atoms with van der Waals surface area (Å²) in [7, 11) is 0. The third kappa shape index (κ3) is 4.63. The number of nitrogens with one attached hydrogen (secondary N) is 1. The fraction of sp³-hybridized carbons (Fsp3) is 0.273. The Bertz CT molecular complexity index is 435. The first-order valence-electron chi connectivity index (χ1n) is 4.93. The fourth-order valence-electron chi connectivity index (χ4n) is 1.13. The van der Waals surface area contributed by atoms with Crippen molar-refractivity contribution >= 4 is 40.8 Å². The predicted molar refractivity (Wildman–Crippen MR) is 66.3 cm³/mol. The number of benzene rings is 1. The summed E-state index contributed by atoms with van der Waals surface area (Å²) in [6, 6.07) is 4.67. The van der Waals surface area contributed by atoms with Gasteiger partial charge in [0.2, 0.25) is 5.91 Å². The molecule has 0 atom stereocenters. The van der Waals surface area contributed by atoms with E-state index in [2.05, 4.69) is 10.1 Å². The van der Waals surface area contributed by atoms with Crippen LogP contribution in [-0.2, 0) is 14.3 Å². The van der Waals surface area contributed by atoms with Crippen LogP contribution >= 0.6 is 23.2 Å². The summed E-state index contributed by atoms with van der Waals surface area (Å²) < 4.78 is 4.65. The molecule has 0 aliphatic rings. The number of hydrogen-bond donors (Lipinski definition) is 1. The molecule has 92 valence electrons. The zero-order chi connectivity index (χ0) is 12.8. The molecule has 4 nitrogen and oxygen atoms in total. The van der Waals surface area contributed by atoms with Crippen LogP contribution < -0.4 is 5.32 Å². The number of ether oxygens (including phenoxy) is 1. The molecular formula is C11H11Cl2NO3. The molecule has 17 heavy (non-hydrogen) atoms. The third-order valence-electron chi connectivity index (χ3n) is 1.81. The van der Waals surface area contributed by atoms with Crippen molar-refractivity contribution < 1.29 is 14.3 Å². The van der Waals surface area contributed by atoms with Crippen molar-refractivity contribution in [2.45, 2.75) is 13.3 Å². The maximum atomic E-state index is 11.4. The van der Waals surface area contributed by atoms with Crippen molar-refractivity contribution in [1.82, 2.24) is 0 Å². The lowest BCUT2D eigenvalue weighted by Gasteiger charge is -2.07. The molecule has 0 radical (unpaired) electrons. The number of hydrogen-bond acceptors (Lipinski definition) is 3. The van der Waals surface area contributed by atoms with Crippen LogP contribution in [0.2, 0.25) is 10.0 Å². The second kappa shape index (κ2) is 6.47. The molecule has 0 heterocycles. The highest BCUT2D eigenvalue weighted by Gasteiger charge is 2.12. The van der Waals surface area contributed by atoms with Gasteiger partial charge in [0.05, 0.1) is 17.3 Å². The molecule has 0 spiro atoms. The van der Waals surface area contributed by atoms with Gasteiger partial charge >= 0.3 is 5.97 Å². The Morgan fingerprint density at radius 3 is 2.71 bits per heavy atom. The van der Waals surface area contributed by atoms with E-state index in [1.54, 1.807) is 19.1 Å². The first-order chi connectivity index (χ1) is 8.02. The van der Waals surface area contributed by atoms with Crippen LogP contribution in [-0.4, -0.2) is 18.5 Å². The Labute approximate surface area is 109 Å². The summed E-state index contributed by atoms with van der Waals surface area (Å²) in [6.45, 7) is 1.91. The second-order valence-corrected chi connectivity index (χ2v) is 4.00. The third-order valence-corrected chi connectivity index (χ3v) is 2.38. The average Bonchev–Trinajstić information content (AvgIpc) is 2.23. The van der Waals surface area contributed by atoms with E-state index in [9.17, 15) is 9.59 Å². The van der Waals surface area contributed by atoms with Gasteiger partial charge in [-0.1, -0.05) is 23.2 Å². The minimum absolute atomic E-state index is 0.240. The van der Waals surface area contributed by atoms with E-state index in [4.69, 9.17) is 23.2 Å². The van der Waals surface area contributed by atoms with Gasteiger partial charge in [-0.05, 0) is 25.1 Å². The zero-order valence-electron chi connectivity index (χ0n) is 9.13. The van der Waals surface area contributed by atoms with Crippen molar-refractivity contribution in [2.75, 3.05) is 11.9 Å². The lowest BCUT2D eigenvalue weighted by Crippen LogP contribution is -2.18. The Morgan fingerprint density at radius 2 is 2.06 bits per heavy atom. The number of amides is 1. The summed E-state index contributed by atoms with van der Waals surface area (Å²) >= 11 is 11.6. The van der Waals surface area contributed by atoms with E-state index in [1.165, 1.54) is 6.07 Å². The SMILES string of the molecule is CCOC(=O)CC(=O)Nc1cc(Cl)ccc1Cl. The van der Waals surface area contributed by atoms with Crippen molar-refractivity contribution in [2.24, 2.45) is 0 Å². The second-order valence-electron chi connectivity index (χ2n) is 3.15. The van der Waals surface area contributed by atoms with Crippen molar-refractivity contribution in [3.05, 3.63) is 28.2 Å². The standard InChI is InChI=1S/C11H11Cl2NO3/c1-2-17-11(16)6-10(15)14-9-5-7(12)3-4-8(9)13/h3-5H,2,6H2,1H3,(H,14,15). The van der Waals surface area contributed by atoms with Gasteiger partial charge in [0.1, 0.15) is 6.42 Å². The number of carbonyl (C=O) groups is 2. The summed E-state index contributed by atoms with van der Waals surface area (Å²) in [5, 5.41) is 3.28. The topological polar surface area (TPSA) is 55.4 Å². The molecular weight excluding hydrogens is 265 g/mol. The van der Waals surface area contributed by atoms with Gasteiger partial charge in [0.15, 0.2) is 0 Å². The number of anilines is 1. The van der Waals surface area contributed by atoms with Gasteiger partial charge in [-0.25, -0.2) is 0 Å². The van der Waals surface area contributed by atoms with Gasteiger partial charge < -0.3 is 10.1 Å². The van der Waals surface area contributed by atoms with Crippen LogP contribution in [0.25, 0.3) is 0 Å². The normalized spacial score (nSPS) is 9.82. The van der Waals surface area contributed by atoms with Crippen LogP contribution in [0.4, 0.5) is 5.69 Å². The molecule has 1 rings (SSSR count). The molecule has 1 aromatic rings. The van der Waals surface area contributed by atoms with Crippen LogP contribution in [0.5, 0.6) is 0 Å². The molecule has 0 unspecified atom stereocenters. The van der Waals surface area contributed by atoms with Crippen LogP contribution in [0.15, 0.2) is 18.2 Å². The van der Waals surface area contributed by atoms with Crippen LogP contribution in [0, 0.1) is 0 Å². The number of carbonyl (C=O) groups excluding carboxylic acids is 2. The first kappa shape index (κ1) is 13.8. The van der Waals surface area contributed by atoms with Gasteiger partial charge in [0, 0.05) is 5.02 Å². The molecule has 0 saturated heterocycles. The van der Waals surface area contributed by atoms with Gasteiger partial charge in [-0.2, -0.15) is 0 Å². The molecule has 0 aliphatic carbocycles. The smallest absolute Gasteiger partial charge is 0.315 e. The van der Waals surface area contributed by atoms with E-state index in [1.807, 2.05) is 0 Å². The molecule has 0 saturated carbocycles. The van der Waals surface area contributed by atoms with Crippen molar-refractivity contribution in [1.29, 1.82) is 0 Å². The van der Waals surface area contributed by atoms with Gasteiger partial charge in [-0.3, -0.25) is 9.59 Å². The highest BCUT2D eigenvalue weighted by molar-refractivity contribution is 6.35. The molecule has 0 aromatic heterocycles. The number of rotatable bonds is 4. The van der Waals surface area contributed by atoms with E-state index < -0.39 is 11.9 Å². The molecule has 1 N–H and O–H groups in total. The molecule has 1 aromatic carbocycles.